The largest absolute Gasteiger partial charge is 0.434 e. The zero-order chi connectivity index (χ0) is 24.9. The number of nitrogens with zero attached hydrogens (tertiary/aromatic N) is 2. The van der Waals surface area contributed by atoms with Gasteiger partial charge in [-0.3, -0.25) is 4.39 Å². The van der Waals surface area contributed by atoms with Crippen molar-refractivity contribution in [2.24, 2.45) is 0 Å². The van der Waals surface area contributed by atoms with Crippen molar-refractivity contribution in [3.05, 3.63) is 64.6 Å². The van der Waals surface area contributed by atoms with Crippen LogP contribution >= 0.6 is 11.6 Å². The summed E-state index contributed by atoms with van der Waals surface area (Å²) >= 11 is 6.10. The summed E-state index contributed by atoms with van der Waals surface area (Å²) in [7, 11) is 0. The highest BCUT2D eigenvalue weighted by molar-refractivity contribution is 6.31. The van der Waals surface area contributed by atoms with E-state index in [-0.39, 0.29) is 11.5 Å². The lowest BCUT2D eigenvalue weighted by Gasteiger charge is -2.39. The molecule has 11 heteroatoms. The second-order valence-corrected chi connectivity index (χ2v) is 9.38. The van der Waals surface area contributed by atoms with Gasteiger partial charge in [-0.05, 0) is 43.5 Å². The van der Waals surface area contributed by atoms with E-state index in [4.69, 9.17) is 11.6 Å². The van der Waals surface area contributed by atoms with Gasteiger partial charge in [0.05, 0.1) is 22.5 Å². The normalized spacial score (nSPS) is 20.9. The summed E-state index contributed by atoms with van der Waals surface area (Å²) in [5.41, 5.74) is 1.23. The Bertz CT molecular complexity index is 1380. The van der Waals surface area contributed by atoms with E-state index in [9.17, 15) is 22.7 Å². The van der Waals surface area contributed by atoms with Crippen LogP contribution in [0, 0.1) is 5.82 Å². The fraction of sp³-hybridized carbons (Fsp3) is 0.333. The standard InChI is InChI=1S/C24H21ClF4N4O2/c1-24(34)5-12(6-24)21-32-10-17(33-21)11-4-13-15(9-31-22(13)30-8-11)14(7-26)19-18(35-23(28)29)3-2-16(27)20(19)25/h2-4,8-10,12,14,23,34H,5-7H2,1H3,(H,30,31)(H,32,33)/t12?,14-,24?/m0/s1. The lowest BCUT2D eigenvalue weighted by molar-refractivity contribution is -0.0506. The third-order valence-electron chi connectivity index (χ3n) is 6.42. The molecule has 0 spiro atoms. The summed E-state index contributed by atoms with van der Waals surface area (Å²) in [5.74, 6) is -1.59. The Morgan fingerprint density at radius 1 is 1.26 bits per heavy atom. The maximum atomic E-state index is 14.4. The van der Waals surface area contributed by atoms with Gasteiger partial charge in [0.1, 0.15) is 29.7 Å². The number of ether oxygens (including phenoxy) is 1. The number of fused-ring (bicyclic) bond motifs is 1. The van der Waals surface area contributed by atoms with Crippen molar-refractivity contribution in [1.29, 1.82) is 0 Å². The van der Waals surface area contributed by atoms with Crippen molar-refractivity contribution >= 4 is 22.6 Å². The van der Waals surface area contributed by atoms with Gasteiger partial charge in [0.15, 0.2) is 0 Å². The third kappa shape index (κ3) is 4.36. The predicted octanol–water partition coefficient (Wildman–Crippen LogP) is 6.08. The second kappa shape index (κ2) is 8.83. The van der Waals surface area contributed by atoms with E-state index in [1.54, 1.807) is 25.4 Å². The average Bonchev–Trinajstić information content (AvgIpc) is 3.44. The van der Waals surface area contributed by atoms with Crippen LogP contribution in [0.3, 0.4) is 0 Å². The molecule has 0 unspecified atom stereocenters. The molecule has 3 heterocycles. The third-order valence-corrected chi connectivity index (χ3v) is 6.80. The molecule has 3 N–H and O–H groups in total. The van der Waals surface area contributed by atoms with Gasteiger partial charge in [-0.1, -0.05) is 11.6 Å². The Morgan fingerprint density at radius 2 is 2.03 bits per heavy atom. The molecule has 6 nitrogen and oxygen atoms in total. The lowest BCUT2D eigenvalue weighted by Crippen LogP contribution is -2.39. The zero-order valence-corrected chi connectivity index (χ0v) is 19.2. The maximum Gasteiger partial charge on any atom is 0.387 e. The summed E-state index contributed by atoms with van der Waals surface area (Å²) in [5, 5.41) is 10.0. The molecule has 1 aliphatic carbocycles. The van der Waals surface area contributed by atoms with Crippen molar-refractivity contribution in [2.45, 2.75) is 43.8 Å². The molecular weight excluding hydrogens is 488 g/mol. The monoisotopic (exact) mass is 508 g/mol. The van der Waals surface area contributed by atoms with E-state index in [0.29, 0.717) is 40.7 Å². The van der Waals surface area contributed by atoms with E-state index >= 15 is 0 Å². The van der Waals surface area contributed by atoms with Crippen molar-refractivity contribution < 1.29 is 27.4 Å². The Morgan fingerprint density at radius 3 is 2.71 bits per heavy atom. The first-order valence-electron chi connectivity index (χ1n) is 10.9. The number of nitrogens with one attached hydrogen (secondary N) is 2. The minimum Gasteiger partial charge on any atom is -0.434 e. The topological polar surface area (TPSA) is 86.8 Å². The summed E-state index contributed by atoms with van der Waals surface area (Å²) in [4.78, 5) is 15.0. The Balaban J connectivity index is 1.54. The first-order chi connectivity index (χ1) is 16.7. The van der Waals surface area contributed by atoms with Gasteiger partial charge in [-0.2, -0.15) is 8.78 Å². The average molecular weight is 509 g/mol. The van der Waals surface area contributed by atoms with Gasteiger partial charge in [0.25, 0.3) is 0 Å². The van der Waals surface area contributed by atoms with Gasteiger partial charge >= 0.3 is 6.61 Å². The summed E-state index contributed by atoms with van der Waals surface area (Å²) < 4.78 is 59.1. The first kappa shape index (κ1) is 23.6. The maximum absolute atomic E-state index is 14.4. The van der Waals surface area contributed by atoms with Gasteiger partial charge < -0.3 is 19.8 Å². The second-order valence-electron chi connectivity index (χ2n) is 9.01. The minimum atomic E-state index is -3.19. The molecule has 1 aromatic carbocycles. The lowest BCUT2D eigenvalue weighted by atomic mass is 9.72. The molecule has 1 fully saturated rings. The van der Waals surface area contributed by atoms with Gasteiger partial charge in [0.2, 0.25) is 0 Å². The van der Waals surface area contributed by atoms with Gasteiger partial charge in [-0.25, -0.2) is 14.4 Å². The Labute approximate surface area is 202 Å². The van der Waals surface area contributed by atoms with Crippen molar-refractivity contribution in [3.8, 4) is 17.0 Å². The summed E-state index contributed by atoms with van der Waals surface area (Å²) in [6.07, 6.45) is 5.97. The van der Waals surface area contributed by atoms with Crippen LogP contribution in [0.15, 0.2) is 36.8 Å². The Hall–Kier alpha value is -3.11. The number of halogens is 5. The van der Waals surface area contributed by atoms with E-state index < -0.39 is 41.4 Å². The summed E-state index contributed by atoms with van der Waals surface area (Å²) in [6.45, 7) is -2.46. The van der Waals surface area contributed by atoms with E-state index in [0.717, 1.165) is 18.0 Å². The first-order valence-corrected chi connectivity index (χ1v) is 11.3. The number of aromatic amines is 2. The molecule has 0 radical (unpaired) electrons. The van der Waals surface area contributed by atoms with Gasteiger partial charge in [-0.15, -0.1) is 0 Å². The van der Waals surface area contributed by atoms with Crippen molar-refractivity contribution in [1.82, 2.24) is 19.9 Å². The molecule has 184 valence electrons. The summed E-state index contributed by atoms with van der Waals surface area (Å²) in [6, 6.07) is 3.66. The fourth-order valence-electron chi connectivity index (χ4n) is 4.73. The van der Waals surface area contributed by atoms with Crippen LogP contribution in [0.1, 0.15) is 48.6 Å². The van der Waals surface area contributed by atoms with E-state index in [1.165, 1.54) is 6.20 Å². The van der Waals surface area contributed by atoms with Crippen molar-refractivity contribution in [2.75, 3.05) is 6.67 Å². The molecule has 0 saturated heterocycles. The molecule has 1 aliphatic rings. The van der Waals surface area contributed by atoms with Crippen LogP contribution in [-0.2, 0) is 0 Å². The quantitative estimate of drug-likeness (QED) is 0.264. The number of hydrogen-bond acceptors (Lipinski definition) is 4. The number of hydrogen-bond donors (Lipinski definition) is 3. The fourth-order valence-corrected chi connectivity index (χ4v) is 5.02. The van der Waals surface area contributed by atoms with Crippen LogP contribution in [0.4, 0.5) is 17.6 Å². The molecule has 1 atom stereocenters. The zero-order valence-electron chi connectivity index (χ0n) is 18.5. The molecular formula is C24H21ClF4N4O2. The number of aliphatic hydroxyl groups is 1. The highest BCUT2D eigenvalue weighted by Gasteiger charge is 2.40. The Kier molecular flexibility index (Phi) is 5.96. The minimum absolute atomic E-state index is 0.123. The number of rotatable bonds is 7. The number of alkyl halides is 3. The molecule has 0 aliphatic heterocycles. The molecule has 1 saturated carbocycles. The van der Waals surface area contributed by atoms with Crippen LogP contribution in [0.25, 0.3) is 22.3 Å². The number of benzene rings is 1. The molecule has 3 aromatic heterocycles. The molecule has 5 rings (SSSR count). The van der Waals surface area contributed by atoms with Crippen LogP contribution in [0.2, 0.25) is 5.02 Å². The van der Waals surface area contributed by atoms with Gasteiger partial charge in [0, 0.05) is 40.7 Å². The number of H-pyrrole nitrogens is 2. The van der Waals surface area contributed by atoms with Crippen LogP contribution < -0.4 is 4.74 Å². The van der Waals surface area contributed by atoms with Crippen molar-refractivity contribution in [3.63, 3.8) is 0 Å². The SMILES string of the molecule is CC1(O)CC(c2ncc(-c3cnc4[nH]cc([C@H](CF)c5c(OC(F)F)ccc(F)c5Cl)c4c3)[nH]2)C1. The number of pyridine rings is 1. The highest BCUT2D eigenvalue weighted by Crippen LogP contribution is 2.44. The molecule has 0 bridgehead atoms. The van der Waals surface area contributed by atoms with E-state index in [2.05, 4.69) is 24.7 Å². The van der Waals surface area contributed by atoms with Crippen LogP contribution in [0.5, 0.6) is 5.75 Å². The number of aromatic nitrogens is 4. The molecule has 0 amide bonds. The van der Waals surface area contributed by atoms with Crippen LogP contribution in [-0.4, -0.2) is 43.9 Å². The highest BCUT2D eigenvalue weighted by atomic mass is 35.5. The smallest absolute Gasteiger partial charge is 0.387 e. The van der Waals surface area contributed by atoms with E-state index in [1.807, 2.05) is 0 Å². The number of imidazole rings is 1. The molecule has 4 aromatic rings. The predicted molar refractivity (Wildman–Crippen MR) is 122 cm³/mol. The molecule has 35 heavy (non-hydrogen) atoms.